The highest BCUT2D eigenvalue weighted by molar-refractivity contribution is 5.76. The second-order valence-corrected chi connectivity index (χ2v) is 8.62. The predicted molar refractivity (Wildman–Crippen MR) is 125 cm³/mol. The molecule has 3 rings (SSSR count). The molecule has 0 spiro atoms. The summed E-state index contributed by atoms with van der Waals surface area (Å²) in [5.74, 6) is 2.46. The Morgan fingerprint density at radius 1 is 1.03 bits per heavy atom. The molecule has 0 unspecified atom stereocenters. The van der Waals surface area contributed by atoms with E-state index in [9.17, 15) is 4.79 Å². The van der Waals surface area contributed by atoms with Gasteiger partial charge in [0.2, 0.25) is 5.91 Å². The molecule has 0 atom stereocenters. The third-order valence-corrected chi connectivity index (χ3v) is 6.21. The van der Waals surface area contributed by atoms with Crippen LogP contribution in [0.15, 0.2) is 48.5 Å². The molecule has 2 aromatic carbocycles. The second-order valence-electron chi connectivity index (χ2n) is 8.62. The van der Waals surface area contributed by atoms with Gasteiger partial charge in [0.25, 0.3) is 0 Å². The van der Waals surface area contributed by atoms with E-state index in [0.29, 0.717) is 25.3 Å². The minimum absolute atomic E-state index is 0.281. The summed E-state index contributed by atoms with van der Waals surface area (Å²) in [6, 6.07) is 16.1. The highest BCUT2D eigenvalue weighted by atomic mass is 16.5. The molecule has 31 heavy (non-hydrogen) atoms. The summed E-state index contributed by atoms with van der Waals surface area (Å²) < 4.78 is 11.6. The zero-order valence-corrected chi connectivity index (χ0v) is 19.1. The van der Waals surface area contributed by atoms with Gasteiger partial charge in [0.05, 0.1) is 7.11 Å². The number of rotatable bonds is 12. The third-order valence-electron chi connectivity index (χ3n) is 6.21. The van der Waals surface area contributed by atoms with Gasteiger partial charge in [-0.2, -0.15) is 0 Å². The van der Waals surface area contributed by atoms with E-state index in [1.807, 2.05) is 53.4 Å². The molecule has 0 bridgehead atoms. The Morgan fingerprint density at radius 3 is 2.52 bits per heavy atom. The first-order valence-electron chi connectivity index (χ1n) is 11.8. The SMILES string of the molecule is CCCCN(Cc1ccc(OCc2ccccc2)c(OC)c1)C(=O)CCC1CCCC1. The lowest BCUT2D eigenvalue weighted by Crippen LogP contribution is -2.31. The molecule has 4 heteroatoms. The standard InChI is InChI=1S/C27H37NO3/c1-3-4-18-28(27(29)17-15-22-10-8-9-11-22)20-24-14-16-25(26(19-24)30-2)31-21-23-12-6-5-7-13-23/h5-7,12-14,16,19,22H,3-4,8-11,15,17-18,20-21H2,1-2H3. The summed E-state index contributed by atoms with van der Waals surface area (Å²) in [6.45, 7) is 4.11. The Hall–Kier alpha value is -2.49. The van der Waals surface area contributed by atoms with Gasteiger partial charge in [-0.05, 0) is 42.0 Å². The number of carbonyl (C=O) groups is 1. The number of benzene rings is 2. The lowest BCUT2D eigenvalue weighted by Gasteiger charge is -2.24. The van der Waals surface area contributed by atoms with Crippen molar-refractivity contribution in [3.8, 4) is 11.5 Å². The maximum atomic E-state index is 13.0. The molecule has 168 valence electrons. The van der Waals surface area contributed by atoms with Crippen LogP contribution in [0.4, 0.5) is 0 Å². The van der Waals surface area contributed by atoms with Crippen molar-refractivity contribution in [1.29, 1.82) is 0 Å². The smallest absolute Gasteiger partial charge is 0.222 e. The molecule has 0 aliphatic heterocycles. The molecule has 4 nitrogen and oxygen atoms in total. The van der Waals surface area contributed by atoms with Gasteiger partial charge in [0.15, 0.2) is 11.5 Å². The zero-order chi connectivity index (χ0) is 21.9. The van der Waals surface area contributed by atoms with Gasteiger partial charge < -0.3 is 14.4 Å². The average Bonchev–Trinajstić information content (AvgIpc) is 3.33. The molecule has 0 heterocycles. The van der Waals surface area contributed by atoms with Crippen LogP contribution in [0.3, 0.4) is 0 Å². The van der Waals surface area contributed by atoms with Gasteiger partial charge in [0.1, 0.15) is 6.61 Å². The zero-order valence-electron chi connectivity index (χ0n) is 19.1. The van der Waals surface area contributed by atoms with Gasteiger partial charge >= 0.3 is 0 Å². The number of hydrogen-bond acceptors (Lipinski definition) is 3. The van der Waals surface area contributed by atoms with Crippen LogP contribution in [0.5, 0.6) is 11.5 Å². The Balaban J connectivity index is 1.61. The largest absolute Gasteiger partial charge is 0.493 e. The van der Waals surface area contributed by atoms with Crippen molar-refractivity contribution < 1.29 is 14.3 Å². The van der Waals surface area contributed by atoms with Gasteiger partial charge in [-0.1, -0.05) is 75.4 Å². The van der Waals surface area contributed by atoms with Gasteiger partial charge in [-0.3, -0.25) is 4.79 Å². The number of hydrogen-bond donors (Lipinski definition) is 0. The van der Waals surface area contributed by atoms with Crippen molar-refractivity contribution in [3.05, 3.63) is 59.7 Å². The third kappa shape index (κ3) is 7.30. The first-order valence-corrected chi connectivity index (χ1v) is 11.8. The fourth-order valence-corrected chi connectivity index (χ4v) is 4.31. The summed E-state index contributed by atoms with van der Waals surface area (Å²) >= 11 is 0. The van der Waals surface area contributed by atoms with Crippen LogP contribution in [-0.2, 0) is 17.9 Å². The van der Waals surface area contributed by atoms with E-state index in [1.54, 1.807) is 7.11 Å². The lowest BCUT2D eigenvalue weighted by molar-refractivity contribution is -0.132. The first-order chi connectivity index (χ1) is 15.2. The lowest BCUT2D eigenvalue weighted by atomic mass is 10.0. The molecular formula is C27H37NO3. The normalized spacial score (nSPS) is 13.9. The highest BCUT2D eigenvalue weighted by Gasteiger charge is 2.19. The molecular weight excluding hydrogens is 386 g/mol. The highest BCUT2D eigenvalue weighted by Crippen LogP contribution is 2.31. The van der Waals surface area contributed by atoms with Crippen LogP contribution in [0.25, 0.3) is 0 Å². The van der Waals surface area contributed by atoms with Crippen molar-refractivity contribution in [1.82, 2.24) is 4.90 Å². The Kier molecular flexibility index (Phi) is 9.26. The summed E-state index contributed by atoms with van der Waals surface area (Å²) in [7, 11) is 1.66. The van der Waals surface area contributed by atoms with Gasteiger partial charge in [0, 0.05) is 19.5 Å². The van der Waals surface area contributed by atoms with E-state index in [2.05, 4.69) is 6.92 Å². The van der Waals surface area contributed by atoms with Crippen LogP contribution in [-0.4, -0.2) is 24.5 Å². The predicted octanol–water partition coefficient (Wildman–Crippen LogP) is 6.37. The summed E-state index contributed by atoms with van der Waals surface area (Å²) in [4.78, 5) is 15.0. The topological polar surface area (TPSA) is 38.8 Å². The fourth-order valence-electron chi connectivity index (χ4n) is 4.31. The Labute approximate surface area is 187 Å². The average molecular weight is 424 g/mol. The van der Waals surface area contributed by atoms with E-state index < -0.39 is 0 Å². The van der Waals surface area contributed by atoms with Crippen molar-refractivity contribution >= 4 is 5.91 Å². The Bertz CT molecular complexity index is 799. The molecule has 1 fully saturated rings. The minimum Gasteiger partial charge on any atom is -0.493 e. The molecule has 0 saturated heterocycles. The maximum absolute atomic E-state index is 13.0. The van der Waals surface area contributed by atoms with Crippen molar-refractivity contribution in [2.24, 2.45) is 5.92 Å². The second kappa shape index (κ2) is 12.4. The maximum Gasteiger partial charge on any atom is 0.222 e. The first kappa shape index (κ1) is 23.2. The van der Waals surface area contributed by atoms with Crippen LogP contribution < -0.4 is 9.47 Å². The van der Waals surface area contributed by atoms with E-state index in [-0.39, 0.29) is 5.91 Å². The van der Waals surface area contributed by atoms with E-state index in [4.69, 9.17) is 9.47 Å². The van der Waals surface area contributed by atoms with Gasteiger partial charge in [-0.25, -0.2) is 0 Å². The summed E-state index contributed by atoms with van der Waals surface area (Å²) in [5, 5.41) is 0. The summed E-state index contributed by atoms with van der Waals surface area (Å²) in [5.41, 5.74) is 2.20. The number of methoxy groups -OCH3 is 1. The van der Waals surface area contributed by atoms with Crippen LogP contribution >= 0.6 is 0 Å². The van der Waals surface area contributed by atoms with E-state index >= 15 is 0 Å². The van der Waals surface area contributed by atoms with E-state index in [0.717, 1.165) is 48.6 Å². The van der Waals surface area contributed by atoms with E-state index in [1.165, 1.54) is 25.7 Å². The quantitative estimate of drug-likeness (QED) is 0.398. The number of amides is 1. The van der Waals surface area contributed by atoms with Crippen molar-refractivity contribution in [2.45, 2.75) is 71.4 Å². The fraction of sp³-hybridized carbons (Fsp3) is 0.519. The van der Waals surface area contributed by atoms with Crippen molar-refractivity contribution in [2.75, 3.05) is 13.7 Å². The molecule has 2 aromatic rings. The minimum atomic E-state index is 0.281. The molecule has 0 aromatic heterocycles. The van der Waals surface area contributed by atoms with Crippen LogP contribution in [0.1, 0.15) is 69.4 Å². The molecule has 1 aliphatic rings. The number of ether oxygens (including phenoxy) is 2. The van der Waals surface area contributed by atoms with Crippen LogP contribution in [0.2, 0.25) is 0 Å². The molecule has 1 saturated carbocycles. The molecule has 0 radical (unpaired) electrons. The van der Waals surface area contributed by atoms with Crippen LogP contribution in [0, 0.1) is 5.92 Å². The summed E-state index contributed by atoms with van der Waals surface area (Å²) in [6.07, 6.45) is 9.08. The molecule has 1 aliphatic carbocycles. The monoisotopic (exact) mass is 423 g/mol. The molecule has 0 N–H and O–H groups in total. The van der Waals surface area contributed by atoms with Crippen molar-refractivity contribution in [3.63, 3.8) is 0 Å². The number of unbranched alkanes of at least 4 members (excludes halogenated alkanes) is 1. The number of carbonyl (C=O) groups excluding carboxylic acids is 1. The number of nitrogens with zero attached hydrogens (tertiary/aromatic N) is 1. The molecule has 1 amide bonds. The Morgan fingerprint density at radius 2 is 1.81 bits per heavy atom. The van der Waals surface area contributed by atoms with Gasteiger partial charge in [-0.15, -0.1) is 0 Å².